The summed E-state index contributed by atoms with van der Waals surface area (Å²) in [6.45, 7) is 4.33. The minimum Gasteiger partial charge on any atom is -0.337 e. The van der Waals surface area contributed by atoms with Gasteiger partial charge in [-0.1, -0.05) is 11.6 Å². The van der Waals surface area contributed by atoms with Gasteiger partial charge < -0.3 is 15.5 Å². The van der Waals surface area contributed by atoms with Gasteiger partial charge in [-0.2, -0.15) is 0 Å². The van der Waals surface area contributed by atoms with Gasteiger partial charge in [-0.15, -0.1) is 11.8 Å². The summed E-state index contributed by atoms with van der Waals surface area (Å²) in [6, 6.07) is 5.58. The summed E-state index contributed by atoms with van der Waals surface area (Å²) in [5.74, 6) is -0.0880. The molecule has 7 heteroatoms. The summed E-state index contributed by atoms with van der Waals surface area (Å²) in [5, 5.41) is 6.30. The Morgan fingerprint density at radius 1 is 1.50 bits per heavy atom. The molecule has 2 atom stereocenters. The zero-order valence-corrected chi connectivity index (χ0v) is 13.8. The third-order valence-electron chi connectivity index (χ3n) is 3.94. The number of rotatable bonds is 2. The number of hydrogen-bond donors (Lipinski definition) is 2. The summed E-state index contributed by atoms with van der Waals surface area (Å²) in [4.78, 5) is 27.5. The first kappa shape index (κ1) is 15.6. The average Bonchev–Trinajstić information content (AvgIpc) is 2.48. The Hall–Kier alpha value is -1.24. The normalized spacial score (nSPS) is 24.6. The monoisotopic (exact) mass is 339 g/mol. The zero-order valence-electron chi connectivity index (χ0n) is 12.3. The maximum atomic E-state index is 12.5. The minimum atomic E-state index is -0.386. The molecule has 0 bridgehead atoms. The van der Waals surface area contributed by atoms with Crippen molar-refractivity contribution < 1.29 is 9.59 Å². The summed E-state index contributed by atoms with van der Waals surface area (Å²) < 4.78 is 0. The number of benzene rings is 1. The van der Waals surface area contributed by atoms with Crippen molar-refractivity contribution in [3.05, 3.63) is 23.2 Å². The molecule has 22 heavy (non-hydrogen) atoms. The van der Waals surface area contributed by atoms with Crippen LogP contribution in [0.5, 0.6) is 0 Å². The fourth-order valence-corrected chi connectivity index (χ4v) is 4.00. The number of thioether (sulfide) groups is 1. The van der Waals surface area contributed by atoms with Gasteiger partial charge in [0, 0.05) is 42.0 Å². The fraction of sp³-hybridized carbons (Fsp3) is 0.467. The number of carbonyl (C=O) groups excluding carboxylic acids is 2. The molecule has 2 heterocycles. The molecule has 2 amide bonds. The van der Waals surface area contributed by atoms with Crippen molar-refractivity contribution in [2.45, 2.75) is 29.5 Å². The number of halogens is 1. The lowest BCUT2D eigenvalue weighted by atomic mass is 10.1. The first-order chi connectivity index (χ1) is 10.5. The smallest absolute Gasteiger partial charge is 0.238 e. The van der Waals surface area contributed by atoms with Crippen molar-refractivity contribution in [1.82, 2.24) is 10.2 Å². The lowest BCUT2D eigenvalue weighted by Crippen LogP contribution is -2.53. The van der Waals surface area contributed by atoms with Gasteiger partial charge in [0.25, 0.3) is 0 Å². The molecule has 1 fully saturated rings. The van der Waals surface area contributed by atoms with E-state index in [0.29, 0.717) is 11.6 Å². The van der Waals surface area contributed by atoms with Gasteiger partial charge in [0.05, 0.1) is 10.9 Å². The van der Waals surface area contributed by atoms with E-state index in [-0.39, 0.29) is 29.5 Å². The number of amides is 2. The Labute approximate surface area is 138 Å². The van der Waals surface area contributed by atoms with Crippen LogP contribution in [0.15, 0.2) is 23.1 Å². The minimum absolute atomic E-state index is 0.0408. The Morgan fingerprint density at radius 3 is 3.09 bits per heavy atom. The van der Waals surface area contributed by atoms with Crippen LogP contribution in [0.25, 0.3) is 0 Å². The van der Waals surface area contributed by atoms with Crippen LogP contribution in [-0.4, -0.2) is 47.6 Å². The lowest BCUT2D eigenvalue weighted by molar-refractivity contribution is -0.135. The van der Waals surface area contributed by atoms with E-state index in [1.165, 1.54) is 11.8 Å². The van der Waals surface area contributed by atoms with Gasteiger partial charge in [-0.05, 0) is 25.1 Å². The van der Waals surface area contributed by atoms with E-state index in [0.717, 1.165) is 23.7 Å². The van der Waals surface area contributed by atoms with Crippen LogP contribution in [0, 0.1) is 0 Å². The number of piperazine rings is 1. The molecule has 2 N–H and O–H groups in total. The molecule has 2 unspecified atom stereocenters. The van der Waals surface area contributed by atoms with Crippen molar-refractivity contribution in [2.75, 3.05) is 25.0 Å². The van der Waals surface area contributed by atoms with Crippen LogP contribution < -0.4 is 10.6 Å². The van der Waals surface area contributed by atoms with E-state index >= 15 is 0 Å². The average molecular weight is 340 g/mol. The second kappa shape index (κ2) is 6.48. The molecular weight excluding hydrogens is 322 g/mol. The SMILES string of the molecule is CC1CNCCN1C(=O)CC1Sc2ccc(Cl)cc2NC1=O. The van der Waals surface area contributed by atoms with Gasteiger partial charge in [-0.25, -0.2) is 0 Å². The van der Waals surface area contributed by atoms with E-state index < -0.39 is 0 Å². The van der Waals surface area contributed by atoms with Crippen molar-refractivity contribution in [2.24, 2.45) is 0 Å². The van der Waals surface area contributed by atoms with Crippen LogP contribution in [0.3, 0.4) is 0 Å². The Morgan fingerprint density at radius 2 is 2.32 bits per heavy atom. The number of nitrogens with one attached hydrogen (secondary N) is 2. The van der Waals surface area contributed by atoms with E-state index in [2.05, 4.69) is 10.6 Å². The Kier molecular flexibility index (Phi) is 4.61. The lowest BCUT2D eigenvalue weighted by Gasteiger charge is -2.35. The van der Waals surface area contributed by atoms with Crippen LogP contribution in [0.2, 0.25) is 5.02 Å². The van der Waals surface area contributed by atoms with Crippen molar-refractivity contribution in [3.8, 4) is 0 Å². The van der Waals surface area contributed by atoms with Crippen LogP contribution >= 0.6 is 23.4 Å². The predicted molar refractivity (Wildman–Crippen MR) is 88.4 cm³/mol. The second-order valence-corrected chi connectivity index (χ2v) is 7.26. The topological polar surface area (TPSA) is 61.4 Å². The molecule has 0 spiro atoms. The number of nitrogens with zero attached hydrogens (tertiary/aromatic N) is 1. The van der Waals surface area contributed by atoms with Gasteiger partial charge in [0.1, 0.15) is 0 Å². The molecule has 1 saturated heterocycles. The molecule has 0 aliphatic carbocycles. The van der Waals surface area contributed by atoms with Crippen molar-refractivity contribution >= 4 is 40.9 Å². The first-order valence-electron chi connectivity index (χ1n) is 7.32. The number of anilines is 1. The summed E-state index contributed by atoms with van der Waals surface area (Å²) >= 11 is 7.37. The van der Waals surface area contributed by atoms with Crippen LogP contribution in [0.1, 0.15) is 13.3 Å². The van der Waals surface area contributed by atoms with E-state index in [1.54, 1.807) is 12.1 Å². The summed E-state index contributed by atoms with van der Waals surface area (Å²) in [5.41, 5.74) is 0.724. The van der Waals surface area contributed by atoms with E-state index in [9.17, 15) is 9.59 Å². The maximum absolute atomic E-state index is 12.5. The first-order valence-corrected chi connectivity index (χ1v) is 8.57. The highest BCUT2D eigenvalue weighted by Gasteiger charge is 2.32. The molecule has 3 rings (SSSR count). The zero-order chi connectivity index (χ0) is 15.7. The number of hydrogen-bond acceptors (Lipinski definition) is 4. The molecule has 2 aliphatic heterocycles. The molecule has 1 aromatic rings. The van der Waals surface area contributed by atoms with E-state index in [4.69, 9.17) is 11.6 Å². The number of carbonyl (C=O) groups is 2. The molecule has 0 saturated carbocycles. The van der Waals surface area contributed by atoms with E-state index in [1.807, 2.05) is 17.9 Å². The second-order valence-electron chi connectivity index (χ2n) is 5.58. The molecule has 2 aliphatic rings. The standard InChI is InChI=1S/C15H18ClN3O2S/c1-9-8-17-4-5-19(9)14(20)7-13-15(21)18-11-6-10(16)2-3-12(11)22-13/h2-3,6,9,13,17H,4-5,7-8H2,1H3,(H,18,21). The predicted octanol–water partition coefficient (Wildman–Crippen LogP) is 1.96. The summed E-state index contributed by atoms with van der Waals surface area (Å²) in [7, 11) is 0. The van der Waals surface area contributed by atoms with Crippen molar-refractivity contribution in [3.63, 3.8) is 0 Å². The molecule has 0 aromatic heterocycles. The highest BCUT2D eigenvalue weighted by atomic mass is 35.5. The Bertz CT molecular complexity index is 610. The van der Waals surface area contributed by atoms with Crippen LogP contribution in [0.4, 0.5) is 5.69 Å². The quantitative estimate of drug-likeness (QED) is 0.864. The third-order valence-corrected chi connectivity index (χ3v) is 5.45. The third kappa shape index (κ3) is 3.24. The highest BCUT2D eigenvalue weighted by Crippen LogP contribution is 2.38. The van der Waals surface area contributed by atoms with Crippen LogP contribution in [-0.2, 0) is 9.59 Å². The molecule has 1 aromatic carbocycles. The number of fused-ring (bicyclic) bond motifs is 1. The maximum Gasteiger partial charge on any atom is 0.238 e. The van der Waals surface area contributed by atoms with Crippen molar-refractivity contribution in [1.29, 1.82) is 0 Å². The van der Waals surface area contributed by atoms with Gasteiger partial charge in [0.2, 0.25) is 11.8 Å². The van der Waals surface area contributed by atoms with Gasteiger partial charge in [0.15, 0.2) is 0 Å². The Balaban J connectivity index is 1.69. The van der Waals surface area contributed by atoms with Gasteiger partial charge >= 0.3 is 0 Å². The fourth-order valence-electron chi connectivity index (χ4n) is 2.74. The molecule has 5 nitrogen and oxygen atoms in total. The summed E-state index contributed by atoms with van der Waals surface area (Å²) in [6.07, 6.45) is 0.225. The largest absolute Gasteiger partial charge is 0.337 e. The highest BCUT2D eigenvalue weighted by molar-refractivity contribution is 8.01. The molecular formula is C15H18ClN3O2S. The molecule has 0 radical (unpaired) electrons. The molecule has 118 valence electrons. The van der Waals surface area contributed by atoms with Gasteiger partial charge in [-0.3, -0.25) is 9.59 Å².